The smallest absolute Gasteiger partial charge is 0.331 e. The molecule has 0 aliphatic carbocycles. The van der Waals surface area contributed by atoms with Crippen molar-refractivity contribution in [2.24, 2.45) is 0 Å². The summed E-state index contributed by atoms with van der Waals surface area (Å²) in [6.45, 7) is 5.03. The summed E-state index contributed by atoms with van der Waals surface area (Å²) in [7, 11) is 9.34. The number of aliphatic hydroxyl groups is 4. The Bertz CT molecular complexity index is 2330. The van der Waals surface area contributed by atoms with Gasteiger partial charge in [-0.1, -0.05) is 31.7 Å². The number of methoxy groups -OCH3 is 3. The summed E-state index contributed by atoms with van der Waals surface area (Å²) in [4.78, 5) is 25.5. The molecule has 13 nitrogen and oxygen atoms in total. The molecule has 0 unspecified atom stereocenters. The quantitative estimate of drug-likeness (QED) is 0.0321. The van der Waals surface area contributed by atoms with E-state index in [9.17, 15) is 30.0 Å². The summed E-state index contributed by atoms with van der Waals surface area (Å²) >= 11 is 0. The first kappa shape index (κ1) is 51.7. The summed E-state index contributed by atoms with van der Waals surface area (Å²) < 4.78 is 29.2. The number of esters is 2. The normalized spacial score (nSPS) is 19.9. The van der Waals surface area contributed by atoms with Gasteiger partial charge in [0, 0.05) is 72.9 Å². The second-order valence-corrected chi connectivity index (χ2v) is 17.9. The lowest BCUT2D eigenvalue weighted by Gasteiger charge is -2.46. The molecule has 0 bridgehead atoms. The maximum atomic E-state index is 12.8. The van der Waals surface area contributed by atoms with E-state index in [2.05, 4.69) is 39.2 Å². The van der Waals surface area contributed by atoms with Crippen LogP contribution in [0, 0.1) is 6.92 Å². The van der Waals surface area contributed by atoms with Gasteiger partial charge in [0.1, 0.15) is 29.3 Å². The Kier molecular flexibility index (Phi) is 18.4. The number of fused-ring (bicyclic) bond motifs is 2. The molecule has 4 aromatic rings. The van der Waals surface area contributed by atoms with E-state index in [4.69, 9.17) is 23.7 Å². The zero-order valence-electron chi connectivity index (χ0n) is 38.9. The summed E-state index contributed by atoms with van der Waals surface area (Å²) in [5, 5.41) is 40.0. The first-order valence-corrected chi connectivity index (χ1v) is 22.6. The van der Waals surface area contributed by atoms with Crippen molar-refractivity contribution in [3.63, 3.8) is 0 Å². The van der Waals surface area contributed by atoms with E-state index in [1.165, 1.54) is 11.1 Å². The minimum absolute atomic E-state index is 0. The minimum Gasteiger partial charge on any atom is -0.496 e. The van der Waals surface area contributed by atoms with E-state index in [-0.39, 0.29) is 59.2 Å². The van der Waals surface area contributed by atoms with Crippen molar-refractivity contribution < 1.29 is 62.7 Å². The van der Waals surface area contributed by atoms with Gasteiger partial charge in [0.25, 0.3) is 0 Å². The van der Waals surface area contributed by atoms with Crippen LogP contribution < -0.4 is 14.2 Å². The standard InChI is InChI=1S/C52H68N2O11.CH4/c1-35-23-44-39(30-49(35)62-5)16-20-53(2,46(44)26-37-9-11-40(31-55)50(27-37)63-6)17-7-21-64-51(59)13-14-52(60)65-22-8-18-54(3)19-15-38-28-41(32-56)42(33-57)29-45(38)47(54)25-36-10-12-48(61-4)43(24-36)34-58;/h9-14,23-24,27-30,46-47,55-58H,7-8,15-22,25-26,31-34H2,1-6H3;1H4/q+2;/b14-13+;/t46-,47-,53-,54-;/m1./s1. The Hall–Kier alpha value is -5.28. The van der Waals surface area contributed by atoms with Crippen LogP contribution >= 0.6 is 0 Å². The first-order valence-electron chi connectivity index (χ1n) is 22.6. The van der Waals surface area contributed by atoms with Crippen LogP contribution in [0.25, 0.3) is 0 Å². The van der Waals surface area contributed by atoms with Gasteiger partial charge in [-0.25, -0.2) is 9.59 Å². The number of carbonyl (C=O) groups excluding carboxylic acids is 2. The number of hydrogen-bond donors (Lipinski definition) is 4. The van der Waals surface area contributed by atoms with Crippen molar-refractivity contribution >= 4 is 11.9 Å². The van der Waals surface area contributed by atoms with Crippen LogP contribution in [0.3, 0.4) is 0 Å². The molecule has 4 aromatic carbocycles. The Labute approximate surface area is 390 Å². The summed E-state index contributed by atoms with van der Waals surface area (Å²) in [5.74, 6) is 0.941. The van der Waals surface area contributed by atoms with Gasteiger partial charge >= 0.3 is 11.9 Å². The molecule has 2 aliphatic heterocycles. The average Bonchev–Trinajstić information content (AvgIpc) is 3.32. The molecule has 358 valence electrons. The second-order valence-electron chi connectivity index (χ2n) is 17.9. The van der Waals surface area contributed by atoms with Crippen molar-refractivity contribution in [3.8, 4) is 17.2 Å². The zero-order valence-corrected chi connectivity index (χ0v) is 38.9. The molecule has 2 aliphatic rings. The fourth-order valence-electron chi connectivity index (χ4n) is 10.0. The Morgan fingerprint density at radius 2 is 1.08 bits per heavy atom. The van der Waals surface area contributed by atoms with Gasteiger partial charge in [-0.2, -0.15) is 0 Å². The molecule has 2 heterocycles. The number of benzene rings is 4. The van der Waals surface area contributed by atoms with Gasteiger partial charge in [0.15, 0.2) is 0 Å². The molecular formula is C53H72N2O11+2. The topological polar surface area (TPSA) is 161 Å². The Morgan fingerprint density at radius 1 is 0.591 bits per heavy atom. The van der Waals surface area contributed by atoms with E-state index < -0.39 is 11.9 Å². The number of nitrogens with zero attached hydrogens (tertiary/aromatic N) is 2. The van der Waals surface area contributed by atoms with E-state index in [1.807, 2.05) is 42.5 Å². The fourth-order valence-corrected chi connectivity index (χ4v) is 10.0. The maximum absolute atomic E-state index is 12.8. The molecule has 6 rings (SSSR count). The highest BCUT2D eigenvalue weighted by atomic mass is 16.5. The predicted octanol–water partition coefficient (Wildman–Crippen LogP) is 6.32. The van der Waals surface area contributed by atoms with Gasteiger partial charge in [0.05, 0.1) is 101 Å². The van der Waals surface area contributed by atoms with Crippen LogP contribution in [-0.2, 0) is 71.2 Å². The summed E-state index contributed by atoms with van der Waals surface area (Å²) in [5.41, 5.74) is 10.9. The van der Waals surface area contributed by atoms with E-state index in [1.54, 1.807) is 21.3 Å². The molecule has 0 amide bonds. The molecule has 66 heavy (non-hydrogen) atoms. The number of ether oxygens (including phenoxy) is 5. The van der Waals surface area contributed by atoms with Crippen LogP contribution in [-0.4, -0.2) is 116 Å². The van der Waals surface area contributed by atoms with Gasteiger partial charge in [-0.3, -0.25) is 0 Å². The number of hydrogen-bond acceptors (Lipinski definition) is 11. The Balaban J connectivity index is 0.00000817. The lowest BCUT2D eigenvalue weighted by atomic mass is 9.84. The van der Waals surface area contributed by atoms with Crippen LogP contribution in [0.5, 0.6) is 17.2 Å². The largest absolute Gasteiger partial charge is 0.496 e. The van der Waals surface area contributed by atoms with Crippen molar-refractivity contribution in [1.82, 2.24) is 0 Å². The van der Waals surface area contributed by atoms with Crippen molar-refractivity contribution in [2.45, 2.75) is 91.4 Å². The van der Waals surface area contributed by atoms with Crippen LogP contribution in [0.4, 0.5) is 0 Å². The number of likely N-dealkylation sites (N-methyl/N-ethyl adjacent to an activating group) is 2. The van der Waals surface area contributed by atoms with Crippen molar-refractivity contribution in [2.75, 3.05) is 74.8 Å². The molecule has 0 saturated heterocycles. The molecule has 4 atom stereocenters. The van der Waals surface area contributed by atoms with Gasteiger partial charge in [-0.15, -0.1) is 0 Å². The number of rotatable bonds is 21. The Morgan fingerprint density at radius 3 is 1.61 bits per heavy atom. The zero-order chi connectivity index (χ0) is 46.7. The highest BCUT2D eigenvalue weighted by Gasteiger charge is 2.41. The van der Waals surface area contributed by atoms with Crippen molar-refractivity contribution in [1.29, 1.82) is 0 Å². The molecule has 0 aromatic heterocycles. The minimum atomic E-state index is -0.618. The van der Waals surface area contributed by atoms with Crippen LogP contribution in [0.1, 0.15) is 93.5 Å². The molecule has 4 N–H and O–H groups in total. The fraction of sp³-hybridized carbons (Fsp3) is 0.472. The summed E-state index contributed by atoms with van der Waals surface area (Å²) in [6, 6.07) is 20.4. The number of aryl methyl sites for hydroxylation is 1. The molecule has 13 heteroatoms. The average molecular weight is 913 g/mol. The highest BCUT2D eigenvalue weighted by Crippen LogP contribution is 2.42. The number of carbonyl (C=O) groups is 2. The maximum Gasteiger partial charge on any atom is 0.331 e. The predicted molar refractivity (Wildman–Crippen MR) is 253 cm³/mol. The summed E-state index contributed by atoms with van der Waals surface area (Å²) in [6.07, 6.45) is 6.53. The molecule has 0 radical (unpaired) electrons. The SMILES string of the molecule is C.COc1cc2c(cc1C)[C@@H](Cc1ccc(CO)c(OC)c1)[N@+](C)(CCCOC(=O)/C=C/C(=O)OCCC[N@+]1(C)CCc3cc(CO)c(CO)cc3[C@H]1Cc1ccc(OC)c(CO)c1)CC2. The van der Waals surface area contributed by atoms with E-state index in [0.717, 1.165) is 100 Å². The van der Waals surface area contributed by atoms with E-state index in [0.29, 0.717) is 52.9 Å². The van der Waals surface area contributed by atoms with E-state index >= 15 is 0 Å². The third-order valence-corrected chi connectivity index (χ3v) is 13.8. The van der Waals surface area contributed by atoms with Crippen LogP contribution in [0.15, 0.2) is 72.8 Å². The lowest BCUT2D eigenvalue weighted by Crippen LogP contribution is -2.52. The first-order chi connectivity index (χ1) is 31.3. The van der Waals surface area contributed by atoms with Gasteiger partial charge in [-0.05, 0) is 82.3 Å². The lowest BCUT2D eigenvalue weighted by molar-refractivity contribution is -0.941. The molecule has 0 saturated carbocycles. The van der Waals surface area contributed by atoms with Crippen LogP contribution in [0.2, 0.25) is 0 Å². The highest BCUT2D eigenvalue weighted by molar-refractivity contribution is 5.91. The third kappa shape index (κ3) is 12.0. The molecule has 0 spiro atoms. The molecular weight excluding hydrogens is 841 g/mol. The van der Waals surface area contributed by atoms with Crippen molar-refractivity contribution in [3.05, 3.63) is 134 Å². The van der Waals surface area contributed by atoms with Gasteiger partial charge < -0.3 is 53.1 Å². The third-order valence-electron chi connectivity index (χ3n) is 13.8. The number of quaternary nitrogens is 2. The second kappa shape index (κ2) is 23.4. The number of aliphatic hydroxyl groups excluding tert-OH is 4. The molecule has 0 fully saturated rings. The monoisotopic (exact) mass is 913 g/mol. The van der Waals surface area contributed by atoms with Gasteiger partial charge in [0.2, 0.25) is 0 Å².